The molecule has 1 aromatic rings. The summed E-state index contributed by atoms with van der Waals surface area (Å²) in [5, 5.41) is 6.37. The van der Waals surface area contributed by atoms with Crippen LogP contribution in [0.25, 0.3) is 0 Å². The van der Waals surface area contributed by atoms with Crippen molar-refractivity contribution in [3.8, 4) is 0 Å². The lowest BCUT2D eigenvalue weighted by Gasteiger charge is -2.16. The summed E-state index contributed by atoms with van der Waals surface area (Å²) in [4.78, 5) is 16.0. The lowest BCUT2D eigenvalue weighted by atomic mass is 10.1. The summed E-state index contributed by atoms with van der Waals surface area (Å²) in [6.45, 7) is 1.90. The van der Waals surface area contributed by atoms with E-state index in [0.717, 1.165) is 30.4 Å². The Morgan fingerprint density at radius 2 is 2.35 bits per heavy atom. The minimum absolute atomic E-state index is 0.0486. The highest BCUT2D eigenvalue weighted by atomic mass is 79.9. The van der Waals surface area contributed by atoms with Crippen molar-refractivity contribution in [2.75, 3.05) is 13.1 Å². The molecule has 0 saturated carbocycles. The highest BCUT2D eigenvalue weighted by Gasteiger charge is 2.15. The van der Waals surface area contributed by atoms with Crippen LogP contribution in [0.4, 0.5) is 0 Å². The van der Waals surface area contributed by atoms with Crippen LogP contribution in [0.15, 0.2) is 22.9 Å². The van der Waals surface area contributed by atoms with Crippen LogP contribution in [0.3, 0.4) is 0 Å². The molecule has 0 spiro atoms. The number of aromatic nitrogens is 1. The molecular weight excluding hydrogens is 282 g/mol. The molecule has 2 heterocycles. The van der Waals surface area contributed by atoms with Crippen molar-refractivity contribution in [1.29, 1.82) is 0 Å². The Morgan fingerprint density at radius 3 is 3.18 bits per heavy atom. The van der Waals surface area contributed by atoms with Gasteiger partial charge in [0.15, 0.2) is 0 Å². The molecule has 0 bridgehead atoms. The second-order valence-electron chi connectivity index (χ2n) is 4.26. The van der Waals surface area contributed by atoms with Gasteiger partial charge in [-0.3, -0.25) is 9.78 Å². The number of halogens is 1. The Morgan fingerprint density at radius 1 is 1.47 bits per heavy atom. The van der Waals surface area contributed by atoms with E-state index in [4.69, 9.17) is 0 Å². The van der Waals surface area contributed by atoms with Gasteiger partial charge in [0.2, 0.25) is 0 Å². The van der Waals surface area contributed by atoms with Crippen LogP contribution < -0.4 is 10.6 Å². The summed E-state index contributed by atoms with van der Waals surface area (Å²) < 4.78 is 0.823. The number of carbonyl (C=O) groups excluding carboxylic acids is 1. The smallest absolute Gasteiger partial charge is 0.253 e. The molecule has 0 aromatic carbocycles. The SMILES string of the molecule is O=C(NC1CCCCNC1)c1cncc(Br)c1. The van der Waals surface area contributed by atoms with E-state index < -0.39 is 0 Å². The average molecular weight is 298 g/mol. The lowest BCUT2D eigenvalue weighted by Crippen LogP contribution is -2.40. The summed E-state index contributed by atoms with van der Waals surface area (Å²) in [5.74, 6) is -0.0486. The maximum Gasteiger partial charge on any atom is 0.253 e. The van der Waals surface area contributed by atoms with E-state index in [1.807, 2.05) is 0 Å². The molecule has 1 fully saturated rings. The highest BCUT2D eigenvalue weighted by Crippen LogP contribution is 2.10. The number of hydrogen-bond acceptors (Lipinski definition) is 3. The van der Waals surface area contributed by atoms with E-state index in [1.165, 1.54) is 6.42 Å². The molecule has 2 N–H and O–H groups in total. The fourth-order valence-corrected chi connectivity index (χ4v) is 2.31. The number of hydrogen-bond donors (Lipinski definition) is 2. The number of nitrogens with one attached hydrogen (secondary N) is 2. The minimum atomic E-state index is -0.0486. The third-order valence-electron chi connectivity index (χ3n) is 2.85. The van der Waals surface area contributed by atoms with Crippen molar-refractivity contribution < 1.29 is 4.79 Å². The number of pyridine rings is 1. The maximum absolute atomic E-state index is 12.0. The van der Waals surface area contributed by atoms with Crippen LogP contribution in [0.1, 0.15) is 29.6 Å². The van der Waals surface area contributed by atoms with E-state index in [1.54, 1.807) is 18.5 Å². The molecule has 0 radical (unpaired) electrons. The number of nitrogens with zero attached hydrogens (tertiary/aromatic N) is 1. The minimum Gasteiger partial charge on any atom is -0.348 e. The van der Waals surface area contributed by atoms with Crippen molar-refractivity contribution in [2.24, 2.45) is 0 Å². The Balaban J connectivity index is 1.96. The fourth-order valence-electron chi connectivity index (χ4n) is 1.95. The van der Waals surface area contributed by atoms with Gasteiger partial charge in [-0.15, -0.1) is 0 Å². The van der Waals surface area contributed by atoms with Gasteiger partial charge in [-0.1, -0.05) is 6.42 Å². The molecule has 1 amide bonds. The molecule has 1 atom stereocenters. The molecule has 1 saturated heterocycles. The third kappa shape index (κ3) is 3.78. The Hall–Kier alpha value is -0.940. The molecule has 92 valence electrons. The maximum atomic E-state index is 12.0. The van der Waals surface area contributed by atoms with Crippen molar-refractivity contribution in [3.63, 3.8) is 0 Å². The third-order valence-corrected chi connectivity index (χ3v) is 3.28. The highest BCUT2D eigenvalue weighted by molar-refractivity contribution is 9.10. The van der Waals surface area contributed by atoms with Crippen LogP contribution >= 0.6 is 15.9 Å². The molecule has 1 aliphatic heterocycles. The molecule has 5 heteroatoms. The fraction of sp³-hybridized carbons (Fsp3) is 0.500. The van der Waals surface area contributed by atoms with E-state index in [9.17, 15) is 4.79 Å². The Bertz CT molecular complexity index is 389. The van der Waals surface area contributed by atoms with Crippen LogP contribution in [0.5, 0.6) is 0 Å². The van der Waals surface area contributed by atoms with Crippen LogP contribution in [0, 0.1) is 0 Å². The molecule has 0 aliphatic carbocycles. The zero-order chi connectivity index (χ0) is 12.1. The lowest BCUT2D eigenvalue weighted by molar-refractivity contribution is 0.0935. The number of amides is 1. The van der Waals surface area contributed by atoms with E-state index in [-0.39, 0.29) is 11.9 Å². The van der Waals surface area contributed by atoms with E-state index >= 15 is 0 Å². The van der Waals surface area contributed by atoms with Crippen molar-refractivity contribution >= 4 is 21.8 Å². The van der Waals surface area contributed by atoms with Crippen LogP contribution in [0.2, 0.25) is 0 Å². The van der Waals surface area contributed by atoms with E-state index in [0.29, 0.717) is 5.56 Å². The van der Waals surface area contributed by atoms with Gasteiger partial charge in [-0.05, 0) is 41.4 Å². The summed E-state index contributed by atoms with van der Waals surface area (Å²) in [5.41, 5.74) is 0.601. The van der Waals surface area contributed by atoms with Gasteiger partial charge in [-0.25, -0.2) is 0 Å². The summed E-state index contributed by atoms with van der Waals surface area (Å²) >= 11 is 3.31. The van der Waals surface area contributed by atoms with Gasteiger partial charge in [0.1, 0.15) is 0 Å². The first kappa shape index (κ1) is 12.5. The van der Waals surface area contributed by atoms with Gasteiger partial charge in [-0.2, -0.15) is 0 Å². The average Bonchev–Trinajstić information content (AvgIpc) is 2.57. The molecule has 2 rings (SSSR count). The summed E-state index contributed by atoms with van der Waals surface area (Å²) in [6.07, 6.45) is 6.65. The number of rotatable bonds is 2. The monoisotopic (exact) mass is 297 g/mol. The van der Waals surface area contributed by atoms with E-state index in [2.05, 4.69) is 31.5 Å². The largest absolute Gasteiger partial charge is 0.348 e. The predicted molar refractivity (Wildman–Crippen MR) is 69.9 cm³/mol. The Labute approximate surface area is 109 Å². The van der Waals surface area contributed by atoms with Crippen molar-refractivity contribution in [1.82, 2.24) is 15.6 Å². The van der Waals surface area contributed by atoms with Gasteiger partial charge < -0.3 is 10.6 Å². The molecule has 1 aromatic heterocycles. The van der Waals surface area contributed by atoms with Crippen molar-refractivity contribution in [2.45, 2.75) is 25.3 Å². The first-order chi connectivity index (χ1) is 8.25. The molecular formula is C12H16BrN3O. The zero-order valence-electron chi connectivity index (χ0n) is 9.58. The molecule has 4 nitrogen and oxygen atoms in total. The van der Waals surface area contributed by atoms with Gasteiger partial charge >= 0.3 is 0 Å². The summed E-state index contributed by atoms with van der Waals surface area (Å²) in [6, 6.07) is 2.01. The second-order valence-corrected chi connectivity index (χ2v) is 5.18. The first-order valence-electron chi connectivity index (χ1n) is 5.88. The van der Waals surface area contributed by atoms with Gasteiger partial charge in [0.25, 0.3) is 5.91 Å². The number of carbonyl (C=O) groups is 1. The standard InChI is InChI=1S/C12H16BrN3O/c13-10-5-9(6-15-7-10)12(17)16-11-3-1-2-4-14-8-11/h5-7,11,14H,1-4,8H2,(H,16,17). The van der Waals surface area contributed by atoms with Gasteiger partial charge in [0.05, 0.1) is 5.56 Å². The molecule has 1 aliphatic rings. The topological polar surface area (TPSA) is 54.0 Å². The second kappa shape index (κ2) is 6.12. The van der Waals surface area contributed by atoms with Crippen LogP contribution in [-0.2, 0) is 0 Å². The zero-order valence-corrected chi connectivity index (χ0v) is 11.2. The first-order valence-corrected chi connectivity index (χ1v) is 6.67. The Kier molecular flexibility index (Phi) is 4.50. The normalized spacial score (nSPS) is 20.6. The van der Waals surface area contributed by atoms with Crippen molar-refractivity contribution in [3.05, 3.63) is 28.5 Å². The molecule has 17 heavy (non-hydrogen) atoms. The van der Waals surface area contributed by atoms with Gasteiger partial charge in [0, 0.05) is 29.5 Å². The molecule has 1 unspecified atom stereocenters. The quantitative estimate of drug-likeness (QED) is 0.874. The summed E-state index contributed by atoms with van der Waals surface area (Å²) in [7, 11) is 0. The predicted octanol–water partition coefficient (Wildman–Crippen LogP) is 1.72. The van der Waals surface area contributed by atoms with Crippen LogP contribution in [-0.4, -0.2) is 30.0 Å².